The maximum atomic E-state index is 10.7. The molecule has 3 heteroatoms. The lowest BCUT2D eigenvalue weighted by Gasteiger charge is -2.19. The molecular weight excluding hydrogens is 178 g/mol. The summed E-state index contributed by atoms with van der Waals surface area (Å²) in [4.78, 5) is 21.0. The van der Waals surface area contributed by atoms with Gasteiger partial charge in [0.2, 0.25) is 0 Å². The van der Waals surface area contributed by atoms with Gasteiger partial charge in [-0.25, -0.2) is 0 Å². The van der Waals surface area contributed by atoms with Crippen molar-refractivity contribution in [2.45, 2.75) is 26.2 Å². The van der Waals surface area contributed by atoms with Crippen molar-refractivity contribution in [2.24, 2.45) is 5.18 Å². The zero-order valence-corrected chi connectivity index (χ0v) is 8.57. The van der Waals surface area contributed by atoms with Crippen LogP contribution in [-0.4, -0.2) is 6.29 Å². The number of carbonyl (C=O) groups is 1. The van der Waals surface area contributed by atoms with Crippen LogP contribution in [0.2, 0.25) is 0 Å². The average molecular weight is 191 g/mol. The fraction of sp³-hybridized carbons (Fsp3) is 0.364. The van der Waals surface area contributed by atoms with E-state index in [9.17, 15) is 9.70 Å². The zero-order chi connectivity index (χ0) is 10.8. The summed E-state index contributed by atoms with van der Waals surface area (Å²) >= 11 is 0. The number of benzene rings is 1. The van der Waals surface area contributed by atoms with Crippen LogP contribution >= 0.6 is 0 Å². The SMILES string of the molecule is CC(C)(C)c1ccc(N=O)c(C=O)c1. The van der Waals surface area contributed by atoms with E-state index >= 15 is 0 Å². The Balaban J connectivity index is 3.27. The highest BCUT2D eigenvalue weighted by molar-refractivity contribution is 5.83. The molecule has 0 amide bonds. The van der Waals surface area contributed by atoms with Gasteiger partial charge >= 0.3 is 0 Å². The number of nitrogens with zero attached hydrogens (tertiary/aromatic N) is 1. The van der Waals surface area contributed by atoms with Crippen LogP contribution in [0, 0.1) is 4.91 Å². The molecule has 0 spiro atoms. The molecule has 0 unspecified atom stereocenters. The van der Waals surface area contributed by atoms with Gasteiger partial charge in [-0.2, -0.15) is 0 Å². The molecule has 0 aliphatic heterocycles. The van der Waals surface area contributed by atoms with E-state index < -0.39 is 0 Å². The van der Waals surface area contributed by atoms with Gasteiger partial charge in [0, 0.05) is 5.56 Å². The second-order valence-corrected chi connectivity index (χ2v) is 4.23. The highest BCUT2D eigenvalue weighted by Crippen LogP contribution is 2.27. The first-order chi connectivity index (χ1) is 6.49. The molecule has 3 nitrogen and oxygen atoms in total. The van der Waals surface area contributed by atoms with Crippen molar-refractivity contribution >= 4 is 12.0 Å². The van der Waals surface area contributed by atoms with Crippen molar-refractivity contribution in [3.8, 4) is 0 Å². The first kappa shape index (κ1) is 10.6. The minimum Gasteiger partial charge on any atom is -0.298 e. The number of carbonyl (C=O) groups excluding carboxylic acids is 1. The van der Waals surface area contributed by atoms with Crippen molar-refractivity contribution in [3.05, 3.63) is 34.2 Å². The molecule has 0 saturated carbocycles. The van der Waals surface area contributed by atoms with Crippen LogP contribution in [0.1, 0.15) is 36.7 Å². The molecule has 0 aromatic heterocycles. The molecule has 0 radical (unpaired) electrons. The van der Waals surface area contributed by atoms with Gasteiger partial charge in [0.05, 0.1) is 0 Å². The summed E-state index contributed by atoms with van der Waals surface area (Å²) < 4.78 is 0. The van der Waals surface area contributed by atoms with E-state index in [4.69, 9.17) is 0 Å². The molecule has 0 atom stereocenters. The summed E-state index contributed by atoms with van der Waals surface area (Å²) in [6, 6.07) is 5.12. The van der Waals surface area contributed by atoms with Crippen LogP contribution in [0.15, 0.2) is 23.4 Å². The number of hydrogen-bond donors (Lipinski definition) is 0. The minimum absolute atomic E-state index is 0.0286. The number of nitroso groups, excluding NO2 is 1. The number of hydrogen-bond acceptors (Lipinski definition) is 3. The monoisotopic (exact) mass is 191 g/mol. The molecule has 1 aromatic rings. The van der Waals surface area contributed by atoms with Crippen molar-refractivity contribution in [3.63, 3.8) is 0 Å². The quantitative estimate of drug-likeness (QED) is 0.532. The third-order valence-electron chi connectivity index (χ3n) is 2.12. The molecular formula is C11H13NO2. The Bertz CT molecular complexity index is 364. The van der Waals surface area contributed by atoms with E-state index in [1.807, 2.05) is 26.8 Å². The summed E-state index contributed by atoms with van der Waals surface area (Å²) in [7, 11) is 0. The molecule has 0 aliphatic rings. The van der Waals surface area contributed by atoms with Gasteiger partial charge in [0.1, 0.15) is 5.69 Å². The van der Waals surface area contributed by atoms with Gasteiger partial charge in [0.15, 0.2) is 6.29 Å². The van der Waals surface area contributed by atoms with Gasteiger partial charge in [0.25, 0.3) is 0 Å². The molecule has 0 fully saturated rings. The summed E-state index contributed by atoms with van der Waals surface area (Å²) in [5, 5.41) is 2.78. The van der Waals surface area contributed by atoms with Crippen LogP contribution in [0.4, 0.5) is 5.69 Å². The van der Waals surface area contributed by atoms with Crippen molar-refractivity contribution in [1.82, 2.24) is 0 Å². The van der Waals surface area contributed by atoms with Gasteiger partial charge in [-0.3, -0.25) is 4.79 Å². The van der Waals surface area contributed by atoms with Crippen molar-refractivity contribution < 1.29 is 4.79 Å². The minimum atomic E-state index is -0.0286. The molecule has 14 heavy (non-hydrogen) atoms. The van der Waals surface area contributed by atoms with E-state index in [0.717, 1.165) is 5.56 Å². The lowest BCUT2D eigenvalue weighted by atomic mass is 9.86. The molecule has 0 N–H and O–H groups in total. The van der Waals surface area contributed by atoms with Crippen LogP contribution in [0.5, 0.6) is 0 Å². The molecule has 1 rings (SSSR count). The topological polar surface area (TPSA) is 46.5 Å². The lowest BCUT2D eigenvalue weighted by Crippen LogP contribution is -2.11. The van der Waals surface area contributed by atoms with E-state index in [0.29, 0.717) is 11.8 Å². The lowest BCUT2D eigenvalue weighted by molar-refractivity contribution is 0.112. The van der Waals surface area contributed by atoms with Crippen LogP contribution in [0.25, 0.3) is 0 Å². The highest BCUT2D eigenvalue weighted by atomic mass is 16.3. The fourth-order valence-electron chi connectivity index (χ4n) is 1.20. The summed E-state index contributed by atoms with van der Waals surface area (Å²) in [6.45, 7) is 6.14. The third-order valence-corrected chi connectivity index (χ3v) is 2.12. The second kappa shape index (κ2) is 3.70. The summed E-state index contributed by atoms with van der Waals surface area (Å²) in [5.74, 6) is 0. The Morgan fingerprint density at radius 3 is 2.36 bits per heavy atom. The maximum absolute atomic E-state index is 10.7. The fourth-order valence-corrected chi connectivity index (χ4v) is 1.20. The molecule has 0 saturated heterocycles. The Hall–Kier alpha value is -1.51. The summed E-state index contributed by atoms with van der Waals surface area (Å²) in [6.07, 6.45) is 0.659. The predicted molar refractivity (Wildman–Crippen MR) is 56.0 cm³/mol. The van der Waals surface area contributed by atoms with Crippen LogP contribution in [-0.2, 0) is 5.41 Å². The van der Waals surface area contributed by atoms with E-state index in [1.165, 1.54) is 0 Å². The largest absolute Gasteiger partial charge is 0.298 e. The van der Waals surface area contributed by atoms with E-state index in [2.05, 4.69) is 5.18 Å². The average Bonchev–Trinajstić information content (AvgIpc) is 2.15. The molecule has 0 bridgehead atoms. The zero-order valence-electron chi connectivity index (χ0n) is 8.57. The van der Waals surface area contributed by atoms with Gasteiger partial charge in [-0.15, -0.1) is 4.91 Å². The molecule has 74 valence electrons. The second-order valence-electron chi connectivity index (χ2n) is 4.23. The first-order valence-electron chi connectivity index (χ1n) is 4.42. The van der Waals surface area contributed by atoms with E-state index in [-0.39, 0.29) is 11.1 Å². The summed E-state index contributed by atoms with van der Waals surface area (Å²) in [5.41, 5.74) is 1.55. The molecule has 0 heterocycles. The third kappa shape index (κ3) is 2.05. The Morgan fingerprint density at radius 1 is 1.29 bits per heavy atom. The predicted octanol–water partition coefficient (Wildman–Crippen LogP) is 3.19. The van der Waals surface area contributed by atoms with Crippen LogP contribution in [0.3, 0.4) is 0 Å². The van der Waals surface area contributed by atoms with Gasteiger partial charge in [-0.05, 0) is 28.3 Å². The number of rotatable bonds is 2. The van der Waals surface area contributed by atoms with Gasteiger partial charge < -0.3 is 0 Å². The van der Waals surface area contributed by atoms with Crippen molar-refractivity contribution in [1.29, 1.82) is 0 Å². The Labute approximate surface area is 83.1 Å². The van der Waals surface area contributed by atoms with Gasteiger partial charge in [-0.1, -0.05) is 26.8 Å². The standard InChI is InChI=1S/C11H13NO2/c1-11(2,3)9-4-5-10(12-14)8(6-9)7-13/h4-7H,1-3H3. The van der Waals surface area contributed by atoms with Crippen molar-refractivity contribution in [2.75, 3.05) is 0 Å². The highest BCUT2D eigenvalue weighted by Gasteiger charge is 2.15. The Morgan fingerprint density at radius 2 is 1.93 bits per heavy atom. The molecule has 0 aliphatic carbocycles. The normalized spacial score (nSPS) is 11.1. The number of aldehydes is 1. The van der Waals surface area contributed by atoms with Crippen LogP contribution < -0.4 is 0 Å². The molecule has 1 aromatic carbocycles. The maximum Gasteiger partial charge on any atom is 0.152 e. The smallest absolute Gasteiger partial charge is 0.152 e. The Kier molecular flexibility index (Phi) is 2.79. The first-order valence-corrected chi connectivity index (χ1v) is 4.42. The van der Waals surface area contributed by atoms with E-state index in [1.54, 1.807) is 12.1 Å².